The van der Waals surface area contributed by atoms with Gasteiger partial charge >= 0.3 is 0 Å². The Morgan fingerprint density at radius 1 is 1.06 bits per heavy atom. The summed E-state index contributed by atoms with van der Waals surface area (Å²) in [5.74, 6) is 0.671. The van der Waals surface area contributed by atoms with Gasteiger partial charge in [0.15, 0.2) is 0 Å². The van der Waals surface area contributed by atoms with Gasteiger partial charge in [-0.05, 0) is 43.9 Å². The molecule has 2 heteroatoms. The van der Waals surface area contributed by atoms with E-state index in [4.69, 9.17) is 5.73 Å². The lowest BCUT2D eigenvalue weighted by Gasteiger charge is -2.31. The minimum atomic E-state index is 0.164. The third kappa shape index (κ3) is 4.02. The van der Waals surface area contributed by atoms with Crippen molar-refractivity contribution in [2.24, 2.45) is 11.7 Å². The molecule has 0 heterocycles. The molecule has 1 rings (SSSR count). The quantitative estimate of drug-likeness (QED) is 0.825. The third-order valence-electron chi connectivity index (χ3n) is 3.28. The summed E-state index contributed by atoms with van der Waals surface area (Å²) in [6.45, 7) is 12.2. The molecule has 0 aliphatic heterocycles. The Kier molecular flexibility index (Phi) is 5.67. The molecule has 0 fully saturated rings. The van der Waals surface area contributed by atoms with E-state index in [1.165, 1.54) is 11.3 Å². The summed E-state index contributed by atoms with van der Waals surface area (Å²) < 4.78 is 0. The average molecular weight is 248 g/mol. The van der Waals surface area contributed by atoms with E-state index in [2.05, 4.69) is 63.8 Å². The largest absolute Gasteiger partial charge is 0.369 e. The number of anilines is 1. The fraction of sp³-hybridized carbons (Fsp3) is 0.625. The van der Waals surface area contributed by atoms with Crippen LogP contribution in [0.1, 0.15) is 52.6 Å². The van der Waals surface area contributed by atoms with E-state index in [1.807, 2.05) is 0 Å². The molecule has 0 spiro atoms. The van der Waals surface area contributed by atoms with Gasteiger partial charge < -0.3 is 10.6 Å². The highest BCUT2D eigenvalue weighted by Gasteiger charge is 2.12. The molecule has 1 atom stereocenters. The van der Waals surface area contributed by atoms with Crippen molar-refractivity contribution in [3.05, 3.63) is 29.8 Å². The van der Waals surface area contributed by atoms with Crippen LogP contribution >= 0.6 is 0 Å². The Labute approximate surface area is 112 Å². The van der Waals surface area contributed by atoms with Gasteiger partial charge in [0, 0.05) is 24.3 Å². The maximum absolute atomic E-state index is 6.05. The monoisotopic (exact) mass is 248 g/mol. The van der Waals surface area contributed by atoms with Crippen LogP contribution in [0.15, 0.2) is 24.3 Å². The lowest BCUT2D eigenvalue weighted by molar-refractivity contribution is 0.571. The smallest absolute Gasteiger partial charge is 0.0368 e. The van der Waals surface area contributed by atoms with Crippen LogP contribution in [-0.2, 0) is 0 Å². The number of nitrogens with two attached hydrogens (primary N) is 1. The van der Waals surface area contributed by atoms with Gasteiger partial charge in [-0.3, -0.25) is 0 Å². The zero-order chi connectivity index (χ0) is 13.7. The number of nitrogens with zero attached hydrogens (tertiary/aromatic N) is 1. The molecule has 0 bridgehead atoms. The molecule has 0 aromatic heterocycles. The van der Waals surface area contributed by atoms with E-state index in [9.17, 15) is 0 Å². The summed E-state index contributed by atoms with van der Waals surface area (Å²) in [5.41, 5.74) is 8.58. The highest BCUT2D eigenvalue weighted by molar-refractivity contribution is 5.48. The minimum Gasteiger partial charge on any atom is -0.369 e. The van der Waals surface area contributed by atoms with Crippen LogP contribution in [0.2, 0.25) is 0 Å². The summed E-state index contributed by atoms with van der Waals surface area (Å²) in [7, 11) is 0. The first-order valence-corrected chi connectivity index (χ1v) is 7.07. The van der Waals surface area contributed by atoms with Crippen molar-refractivity contribution in [3.63, 3.8) is 0 Å². The Balaban J connectivity index is 2.86. The van der Waals surface area contributed by atoms with E-state index in [1.54, 1.807) is 0 Å². The third-order valence-corrected chi connectivity index (χ3v) is 3.28. The summed E-state index contributed by atoms with van der Waals surface area (Å²) in [6.07, 6.45) is 0.985. The second-order valence-corrected chi connectivity index (χ2v) is 5.75. The molecule has 0 unspecified atom stereocenters. The van der Waals surface area contributed by atoms with Crippen LogP contribution in [0.3, 0.4) is 0 Å². The van der Waals surface area contributed by atoms with Gasteiger partial charge in [0.1, 0.15) is 0 Å². The predicted molar refractivity (Wildman–Crippen MR) is 81.0 cm³/mol. The highest BCUT2D eigenvalue weighted by atomic mass is 15.1. The number of hydrogen-bond donors (Lipinski definition) is 1. The first-order valence-electron chi connectivity index (χ1n) is 7.07. The zero-order valence-electron chi connectivity index (χ0n) is 12.5. The molecule has 102 valence electrons. The molecule has 1 aromatic rings. The summed E-state index contributed by atoms with van der Waals surface area (Å²) in [5, 5.41) is 0. The van der Waals surface area contributed by atoms with Crippen molar-refractivity contribution in [1.82, 2.24) is 0 Å². The van der Waals surface area contributed by atoms with Crippen molar-refractivity contribution in [1.29, 1.82) is 0 Å². The predicted octanol–water partition coefficient (Wildman–Crippen LogP) is 3.97. The van der Waals surface area contributed by atoms with Crippen LogP contribution in [-0.4, -0.2) is 12.6 Å². The Morgan fingerprint density at radius 2 is 1.61 bits per heavy atom. The van der Waals surface area contributed by atoms with Gasteiger partial charge in [0.2, 0.25) is 0 Å². The summed E-state index contributed by atoms with van der Waals surface area (Å²) in [6, 6.07) is 9.42. The SMILES string of the molecule is CC[C@H](N)c1ccc(N(CC(C)C)C(C)C)cc1. The minimum absolute atomic E-state index is 0.164. The van der Waals surface area contributed by atoms with Gasteiger partial charge in [-0.15, -0.1) is 0 Å². The van der Waals surface area contributed by atoms with Crippen LogP contribution in [0, 0.1) is 5.92 Å². The lowest BCUT2D eigenvalue weighted by atomic mass is 10.0. The fourth-order valence-electron chi connectivity index (χ4n) is 2.16. The molecule has 1 aromatic carbocycles. The van der Waals surface area contributed by atoms with Crippen molar-refractivity contribution in [2.75, 3.05) is 11.4 Å². The van der Waals surface area contributed by atoms with E-state index in [0.717, 1.165) is 13.0 Å². The molecule has 0 radical (unpaired) electrons. The molecule has 0 aliphatic carbocycles. The summed E-state index contributed by atoms with van der Waals surface area (Å²) >= 11 is 0. The van der Waals surface area contributed by atoms with Crippen molar-refractivity contribution in [3.8, 4) is 0 Å². The topological polar surface area (TPSA) is 29.3 Å². The second kappa shape index (κ2) is 6.79. The highest BCUT2D eigenvalue weighted by Crippen LogP contribution is 2.22. The number of hydrogen-bond acceptors (Lipinski definition) is 2. The maximum atomic E-state index is 6.05. The zero-order valence-corrected chi connectivity index (χ0v) is 12.5. The second-order valence-electron chi connectivity index (χ2n) is 5.75. The molecular weight excluding hydrogens is 220 g/mol. The van der Waals surface area contributed by atoms with Gasteiger partial charge in [0.25, 0.3) is 0 Å². The molecule has 0 amide bonds. The van der Waals surface area contributed by atoms with Crippen LogP contribution in [0.4, 0.5) is 5.69 Å². The Hall–Kier alpha value is -1.02. The normalized spacial score (nSPS) is 13.1. The van der Waals surface area contributed by atoms with Gasteiger partial charge in [-0.1, -0.05) is 32.9 Å². The van der Waals surface area contributed by atoms with Gasteiger partial charge in [-0.25, -0.2) is 0 Å². The molecule has 0 saturated carbocycles. The van der Waals surface area contributed by atoms with Crippen LogP contribution < -0.4 is 10.6 Å². The van der Waals surface area contributed by atoms with Crippen molar-refractivity contribution < 1.29 is 0 Å². The molecular formula is C16H28N2. The number of benzene rings is 1. The fourth-order valence-corrected chi connectivity index (χ4v) is 2.16. The average Bonchev–Trinajstić information content (AvgIpc) is 2.34. The van der Waals surface area contributed by atoms with E-state index >= 15 is 0 Å². The van der Waals surface area contributed by atoms with E-state index < -0.39 is 0 Å². The molecule has 2 N–H and O–H groups in total. The molecule has 0 aliphatic rings. The first-order chi connectivity index (χ1) is 8.45. The molecule has 0 saturated heterocycles. The van der Waals surface area contributed by atoms with E-state index in [-0.39, 0.29) is 6.04 Å². The summed E-state index contributed by atoms with van der Waals surface area (Å²) in [4.78, 5) is 2.45. The molecule has 2 nitrogen and oxygen atoms in total. The Morgan fingerprint density at radius 3 is 2.00 bits per heavy atom. The van der Waals surface area contributed by atoms with Gasteiger partial charge in [0.05, 0.1) is 0 Å². The Bertz CT molecular complexity index is 341. The number of rotatable bonds is 6. The van der Waals surface area contributed by atoms with Gasteiger partial charge in [-0.2, -0.15) is 0 Å². The maximum Gasteiger partial charge on any atom is 0.0368 e. The molecule has 18 heavy (non-hydrogen) atoms. The van der Waals surface area contributed by atoms with Crippen LogP contribution in [0.5, 0.6) is 0 Å². The van der Waals surface area contributed by atoms with Crippen molar-refractivity contribution in [2.45, 2.75) is 53.1 Å². The first kappa shape index (κ1) is 15.0. The van der Waals surface area contributed by atoms with Crippen LogP contribution in [0.25, 0.3) is 0 Å². The lowest BCUT2D eigenvalue weighted by Crippen LogP contribution is -2.34. The van der Waals surface area contributed by atoms with Crippen molar-refractivity contribution >= 4 is 5.69 Å². The van der Waals surface area contributed by atoms with E-state index in [0.29, 0.717) is 12.0 Å². The standard InChI is InChI=1S/C16H28N2/c1-6-16(17)14-7-9-15(10-8-14)18(13(4)5)11-12(2)3/h7-10,12-13,16H,6,11,17H2,1-5H3/t16-/m0/s1.